The van der Waals surface area contributed by atoms with Gasteiger partial charge in [-0.1, -0.05) is 6.92 Å². The van der Waals surface area contributed by atoms with E-state index in [-0.39, 0.29) is 5.66 Å². The summed E-state index contributed by atoms with van der Waals surface area (Å²) in [4.78, 5) is 4.25. The lowest BCUT2D eigenvalue weighted by Gasteiger charge is -2.12. The van der Waals surface area contributed by atoms with Gasteiger partial charge in [0, 0.05) is 0 Å². The van der Waals surface area contributed by atoms with E-state index in [1.807, 2.05) is 13.8 Å². The maximum absolute atomic E-state index is 4.25. The van der Waals surface area contributed by atoms with Gasteiger partial charge < -0.3 is 0 Å². The van der Waals surface area contributed by atoms with Crippen molar-refractivity contribution in [2.45, 2.75) is 32.4 Å². The van der Waals surface area contributed by atoms with E-state index < -0.39 is 0 Å². The van der Waals surface area contributed by atoms with Gasteiger partial charge in [-0.3, -0.25) is 0 Å². The first-order valence-corrected chi connectivity index (χ1v) is 3.45. The predicted octanol–water partition coefficient (Wildman–Crippen LogP) is 2.20. The third-order valence-corrected chi connectivity index (χ3v) is 1.46. The zero-order valence-corrected chi connectivity index (χ0v) is 6.46. The van der Waals surface area contributed by atoms with Crippen LogP contribution in [0.5, 0.6) is 0 Å². The van der Waals surface area contributed by atoms with Crippen LogP contribution in [-0.2, 0) is 0 Å². The number of nitrogens with zero attached hydrogens (tertiary/aromatic N) is 3. The summed E-state index contributed by atoms with van der Waals surface area (Å²) >= 11 is 0. The van der Waals surface area contributed by atoms with Gasteiger partial charge in [0.05, 0.1) is 0 Å². The first-order chi connectivity index (χ1) is 4.66. The van der Waals surface area contributed by atoms with Gasteiger partial charge in [-0.05, 0) is 26.7 Å². The normalized spacial score (nSPS) is 30.9. The number of hydrogen-bond acceptors (Lipinski definition) is 3. The fourth-order valence-corrected chi connectivity index (χ4v) is 1.01. The monoisotopic (exact) mass is 138 g/mol. The van der Waals surface area contributed by atoms with Gasteiger partial charge in [-0.15, -0.1) is 5.11 Å². The molecule has 1 heterocycles. The van der Waals surface area contributed by atoms with Crippen LogP contribution in [0.15, 0.2) is 15.2 Å². The zero-order valence-electron chi connectivity index (χ0n) is 6.46. The van der Waals surface area contributed by atoms with Crippen molar-refractivity contribution in [1.82, 2.24) is 0 Å². The van der Waals surface area contributed by atoms with E-state index in [0.29, 0.717) is 0 Å². The van der Waals surface area contributed by atoms with Gasteiger partial charge in [0.25, 0.3) is 0 Å². The van der Waals surface area contributed by atoms with Gasteiger partial charge in [-0.25, -0.2) is 4.99 Å². The zero-order chi connectivity index (χ0) is 7.61. The first-order valence-electron chi connectivity index (χ1n) is 3.45. The van der Waals surface area contributed by atoms with E-state index in [2.05, 4.69) is 22.1 Å². The van der Waals surface area contributed by atoms with Crippen LogP contribution in [-0.4, -0.2) is 11.5 Å². The van der Waals surface area contributed by atoms with Crippen LogP contribution in [0.3, 0.4) is 0 Å². The summed E-state index contributed by atoms with van der Waals surface area (Å²) in [5.41, 5.74) is -0.300. The molecule has 0 aromatic heterocycles. The predicted molar refractivity (Wildman–Crippen MR) is 41.0 cm³/mol. The molecule has 0 bridgehead atoms. The smallest absolute Gasteiger partial charge is 0.170 e. The average molecular weight is 138 g/mol. The lowest BCUT2D eigenvalue weighted by atomic mass is 10.1. The maximum Gasteiger partial charge on any atom is 0.170 e. The summed E-state index contributed by atoms with van der Waals surface area (Å²) in [5, 5.41) is 7.87. The second-order valence-corrected chi connectivity index (χ2v) is 2.68. The fourth-order valence-electron chi connectivity index (χ4n) is 1.01. The maximum atomic E-state index is 4.25. The topological polar surface area (TPSA) is 37.1 Å². The minimum atomic E-state index is -0.300. The molecular formula is C7H12N3. The van der Waals surface area contributed by atoms with Crippen molar-refractivity contribution in [2.24, 2.45) is 15.2 Å². The molecule has 0 aliphatic carbocycles. The third-order valence-electron chi connectivity index (χ3n) is 1.46. The number of amidine groups is 1. The fraction of sp³-hybridized carbons (Fsp3) is 0.714. The largest absolute Gasteiger partial charge is 0.237 e. The third kappa shape index (κ3) is 1.40. The highest BCUT2D eigenvalue weighted by molar-refractivity contribution is 5.81. The minimum Gasteiger partial charge on any atom is -0.237 e. The number of hydrogen-bond donors (Lipinski definition) is 0. The van der Waals surface area contributed by atoms with Crippen LogP contribution >= 0.6 is 0 Å². The van der Waals surface area contributed by atoms with Crippen molar-refractivity contribution in [3.05, 3.63) is 6.92 Å². The van der Waals surface area contributed by atoms with Crippen LogP contribution in [0, 0.1) is 6.92 Å². The summed E-state index contributed by atoms with van der Waals surface area (Å²) in [7, 11) is 0. The standard InChI is InChI=1S/C7H12N3/c1-4-5-7(3)8-6(2)9-10-7/h1,4-5H2,2-3H3. The Morgan fingerprint density at radius 1 is 1.60 bits per heavy atom. The van der Waals surface area contributed by atoms with E-state index in [1.54, 1.807) is 0 Å². The molecule has 0 aromatic carbocycles. The van der Waals surface area contributed by atoms with Gasteiger partial charge in [0.15, 0.2) is 5.66 Å². The molecule has 10 heavy (non-hydrogen) atoms. The molecular weight excluding hydrogens is 126 g/mol. The Morgan fingerprint density at radius 3 is 2.70 bits per heavy atom. The molecule has 1 unspecified atom stereocenters. The Balaban J connectivity index is 2.64. The second-order valence-electron chi connectivity index (χ2n) is 2.68. The molecule has 1 aliphatic rings. The molecule has 1 radical (unpaired) electrons. The molecule has 1 aliphatic heterocycles. The summed E-state index contributed by atoms with van der Waals surface area (Å²) < 4.78 is 0. The Hall–Kier alpha value is -0.730. The second kappa shape index (κ2) is 2.48. The van der Waals surface area contributed by atoms with E-state index in [9.17, 15) is 0 Å². The van der Waals surface area contributed by atoms with E-state index in [4.69, 9.17) is 0 Å². The van der Waals surface area contributed by atoms with Gasteiger partial charge in [0.1, 0.15) is 5.84 Å². The molecule has 0 spiro atoms. The molecule has 0 fully saturated rings. The lowest BCUT2D eigenvalue weighted by molar-refractivity contribution is 0.459. The van der Waals surface area contributed by atoms with Crippen LogP contribution in [0.2, 0.25) is 0 Å². The molecule has 3 nitrogen and oxygen atoms in total. The van der Waals surface area contributed by atoms with Crippen molar-refractivity contribution in [2.75, 3.05) is 0 Å². The quantitative estimate of drug-likeness (QED) is 0.561. The molecule has 0 aromatic rings. The minimum absolute atomic E-state index is 0.300. The number of rotatable bonds is 2. The Bertz CT molecular complexity index is 183. The highest BCUT2D eigenvalue weighted by Crippen LogP contribution is 2.24. The van der Waals surface area contributed by atoms with Crippen LogP contribution in [0.4, 0.5) is 0 Å². The van der Waals surface area contributed by atoms with Crippen molar-refractivity contribution in [1.29, 1.82) is 0 Å². The van der Waals surface area contributed by atoms with Crippen molar-refractivity contribution in [3.63, 3.8) is 0 Å². The molecule has 0 saturated heterocycles. The van der Waals surface area contributed by atoms with Gasteiger partial charge in [0.2, 0.25) is 0 Å². The number of azo groups is 1. The summed E-state index contributed by atoms with van der Waals surface area (Å²) in [6.07, 6.45) is 1.74. The number of aliphatic imine (C=N–C) groups is 1. The molecule has 55 valence electrons. The van der Waals surface area contributed by atoms with E-state index >= 15 is 0 Å². The first kappa shape index (κ1) is 7.38. The van der Waals surface area contributed by atoms with Crippen LogP contribution < -0.4 is 0 Å². The molecule has 1 rings (SSSR count). The van der Waals surface area contributed by atoms with Crippen LogP contribution in [0.1, 0.15) is 26.7 Å². The lowest BCUT2D eigenvalue weighted by Crippen LogP contribution is -2.15. The summed E-state index contributed by atoms with van der Waals surface area (Å²) in [6, 6.07) is 0. The Morgan fingerprint density at radius 2 is 2.30 bits per heavy atom. The van der Waals surface area contributed by atoms with Crippen molar-refractivity contribution >= 4 is 5.84 Å². The summed E-state index contributed by atoms with van der Waals surface area (Å²) in [6.45, 7) is 7.58. The Labute approximate surface area is 61.3 Å². The molecule has 3 heteroatoms. The van der Waals surface area contributed by atoms with Crippen LogP contribution in [0.25, 0.3) is 0 Å². The van der Waals surface area contributed by atoms with Gasteiger partial charge in [-0.2, -0.15) is 5.11 Å². The highest BCUT2D eigenvalue weighted by Gasteiger charge is 2.24. The Kier molecular flexibility index (Phi) is 1.83. The van der Waals surface area contributed by atoms with E-state index in [0.717, 1.165) is 18.7 Å². The molecule has 0 saturated carbocycles. The average Bonchev–Trinajstić information content (AvgIpc) is 2.12. The highest BCUT2D eigenvalue weighted by atomic mass is 15.3. The molecule has 1 atom stereocenters. The molecule has 0 N–H and O–H groups in total. The van der Waals surface area contributed by atoms with Gasteiger partial charge >= 0.3 is 0 Å². The van der Waals surface area contributed by atoms with E-state index in [1.165, 1.54) is 0 Å². The van der Waals surface area contributed by atoms with Crippen molar-refractivity contribution in [3.8, 4) is 0 Å². The summed E-state index contributed by atoms with van der Waals surface area (Å²) in [5.74, 6) is 0.774. The van der Waals surface area contributed by atoms with Crippen molar-refractivity contribution < 1.29 is 0 Å². The molecule has 0 amide bonds. The SMILES string of the molecule is [CH2]CCC1(C)N=NC(C)=N1.